The zero-order valence-electron chi connectivity index (χ0n) is 20.1. The number of nitrogens with zero attached hydrogens (tertiary/aromatic N) is 1. The van der Waals surface area contributed by atoms with Crippen molar-refractivity contribution in [2.75, 3.05) is 18.6 Å². The number of barbiturate groups is 1. The molecule has 12 heteroatoms. The van der Waals surface area contributed by atoms with Crippen molar-refractivity contribution in [2.24, 2.45) is 0 Å². The number of ether oxygens (including phenoxy) is 2. The van der Waals surface area contributed by atoms with Crippen molar-refractivity contribution in [1.82, 2.24) is 5.32 Å². The average molecular weight is 601 g/mol. The highest BCUT2D eigenvalue weighted by atomic mass is 79.9. The monoisotopic (exact) mass is 600 g/mol. The highest BCUT2D eigenvalue weighted by Crippen LogP contribution is 2.39. The number of imide groups is 2. The van der Waals surface area contributed by atoms with Gasteiger partial charge >= 0.3 is 16.1 Å². The number of urea groups is 1. The van der Waals surface area contributed by atoms with E-state index in [2.05, 4.69) is 21.2 Å². The fraction of sp³-hybridized carbons (Fsp3) is 0.115. The number of rotatable bonds is 8. The molecule has 4 rings (SSSR count). The summed E-state index contributed by atoms with van der Waals surface area (Å²) in [7, 11) is -2.70. The minimum absolute atomic E-state index is 0.0479. The lowest BCUT2D eigenvalue weighted by molar-refractivity contribution is -0.122. The molecule has 1 fully saturated rings. The molecule has 3 aromatic carbocycles. The van der Waals surface area contributed by atoms with E-state index < -0.39 is 28.0 Å². The maximum Gasteiger partial charge on any atom is 0.339 e. The van der Waals surface area contributed by atoms with Crippen LogP contribution in [0.4, 0.5) is 10.5 Å². The predicted molar refractivity (Wildman–Crippen MR) is 142 cm³/mol. The van der Waals surface area contributed by atoms with E-state index in [1.54, 1.807) is 37.3 Å². The van der Waals surface area contributed by atoms with Gasteiger partial charge in [0.2, 0.25) is 0 Å². The summed E-state index contributed by atoms with van der Waals surface area (Å²) in [6.45, 7) is 1.87. The first-order chi connectivity index (χ1) is 18.1. The molecule has 0 unspecified atom stereocenters. The fourth-order valence-electron chi connectivity index (χ4n) is 3.55. The summed E-state index contributed by atoms with van der Waals surface area (Å²) < 4.78 is 41.8. The molecular weight excluding hydrogens is 580 g/mol. The van der Waals surface area contributed by atoms with Gasteiger partial charge in [-0.2, -0.15) is 8.42 Å². The quantitative estimate of drug-likeness (QED) is 0.230. The Morgan fingerprint density at radius 3 is 2.32 bits per heavy atom. The van der Waals surface area contributed by atoms with Gasteiger partial charge in [-0.15, -0.1) is 0 Å². The van der Waals surface area contributed by atoms with Gasteiger partial charge < -0.3 is 13.7 Å². The van der Waals surface area contributed by atoms with Gasteiger partial charge in [0.05, 0.1) is 23.9 Å². The van der Waals surface area contributed by atoms with E-state index in [0.29, 0.717) is 11.3 Å². The Kier molecular flexibility index (Phi) is 7.83. The van der Waals surface area contributed by atoms with Gasteiger partial charge in [-0.3, -0.25) is 14.9 Å². The third-order valence-electron chi connectivity index (χ3n) is 5.30. The number of halogens is 1. The van der Waals surface area contributed by atoms with Crippen molar-refractivity contribution >= 4 is 55.7 Å². The van der Waals surface area contributed by atoms with Crippen molar-refractivity contribution in [3.05, 3.63) is 82.3 Å². The molecule has 0 bridgehead atoms. The van der Waals surface area contributed by atoms with E-state index in [1.165, 1.54) is 49.6 Å². The van der Waals surface area contributed by atoms with Crippen LogP contribution in [0, 0.1) is 0 Å². The molecule has 196 valence electrons. The standard InChI is InChI=1S/C26H21BrN2O8S/c1-3-36-22-15-16(14-21(27)23(22)37-38(33,34)19-7-5-4-6-8-19)13-20-24(30)28-26(32)29(25(20)31)17-9-11-18(35-2)12-10-17/h4-15H,3H2,1-2H3,(H,28,30,32)/b20-13+. The molecule has 1 aliphatic rings. The molecule has 0 atom stereocenters. The molecule has 4 amide bonds. The maximum atomic E-state index is 13.2. The van der Waals surface area contributed by atoms with Crippen LogP contribution in [0.5, 0.6) is 17.2 Å². The van der Waals surface area contributed by atoms with Crippen LogP contribution in [0.1, 0.15) is 12.5 Å². The van der Waals surface area contributed by atoms with E-state index in [9.17, 15) is 22.8 Å². The Morgan fingerprint density at radius 2 is 1.68 bits per heavy atom. The third-order valence-corrected chi connectivity index (χ3v) is 7.12. The van der Waals surface area contributed by atoms with Crippen LogP contribution in [0.25, 0.3) is 6.08 Å². The lowest BCUT2D eigenvalue weighted by Crippen LogP contribution is -2.54. The van der Waals surface area contributed by atoms with Crippen molar-refractivity contribution in [1.29, 1.82) is 0 Å². The molecule has 1 N–H and O–H groups in total. The lowest BCUT2D eigenvalue weighted by atomic mass is 10.1. The number of amides is 4. The molecule has 10 nitrogen and oxygen atoms in total. The fourth-order valence-corrected chi connectivity index (χ4v) is 5.18. The molecule has 1 saturated heterocycles. The van der Waals surface area contributed by atoms with Crippen LogP contribution in [-0.2, 0) is 19.7 Å². The smallest absolute Gasteiger partial charge is 0.339 e. The highest BCUT2D eigenvalue weighted by molar-refractivity contribution is 9.10. The zero-order valence-corrected chi connectivity index (χ0v) is 22.5. The minimum Gasteiger partial charge on any atom is -0.497 e. The molecule has 0 aliphatic carbocycles. The van der Waals surface area contributed by atoms with Gasteiger partial charge in [0.25, 0.3) is 11.8 Å². The number of carbonyl (C=O) groups excluding carboxylic acids is 3. The Hall–Kier alpha value is -4.16. The predicted octanol–water partition coefficient (Wildman–Crippen LogP) is 4.29. The first-order valence-electron chi connectivity index (χ1n) is 11.2. The van der Waals surface area contributed by atoms with E-state index in [0.717, 1.165) is 4.90 Å². The van der Waals surface area contributed by atoms with Gasteiger partial charge in [0.15, 0.2) is 11.5 Å². The van der Waals surface area contributed by atoms with Crippen LogP contribution in [0.15, 0.2) is 81.7 Å². The number of carbonyl (C=O) groups is 3. The molecule has 38 heavy (non-hydrogen) atoms. The van der Waals surface area contributed by atoms with Crippen LogP contribution >= 0.6 is 15.9 Å². The second-order valence-corrected chi connectivity index (χ2v) is 10.2. The molecule has 1 aliphatic heterocycles. The Morgan fingerprint density at radius 1 is 1.00 bits per heavy atom. The van der Waals surface area contributed by atoms with Gasteiger partial charge in [0, 0.05) is 0 Å². The zero-order chi connectivity index (χ0) is 27.4. The van der Waals surface area contributed by atoms with Gasteiger partial charge in [-0.05, 0) is 83.0 Å². The number of methoxy groups -OCH3 is 1. The first-order valence-corrected chi connectivity index (χ1v) is 13.4. The first kappa shape index (κ1) is 26.9. The lowest BCUT2D eigenvalue weighted by Gasteiger charge is -2.26. The molecule has 1 heterocycles. The van der Waals surface area contributed by atoms with Crippen molar-refractivity contribution < 1.29 is 36.5 Å². The van der Waals surface area contributed by atoms with E-state index >= 15 is 0 Å². The summed E-state index contributed by atoms with van der Waals surface area (Å²) >= 11 is 3.30. The maximum absolute atomic E-state index is 13.2. The van der Waals surface area contributed by atoms with Gasteiger partial charge in [0.1, 0.15) is 16.2 Å². The normalized spacial score (nSPS) is 14.9. The molecule has 0 aromatic heterocycles. The SMILES string of the molecule is CCOc1cc(/C=C2\C(=O)NC(=O)N(c3ccc(OC)cc3)C2=O)cc(Br)c1OS(=O)(=O)c1ccccc1. The average Bonchev–Trinajstić information content (AvgIpc) is 2.89. The van der Waals surface area contributed by atoms with E-state index in [1.807, 2.05) is 0 Å². The van der Waals surface area contributed by atoms with Crippen LogP contribution in [0.2, 0.25) is 0 Å². The minimum atomic E-state index is -4.18. The summed E-state index contributed by atoms with van der Waals surface area (Å²) in [6.07, 6.45) is 1.27. The van der Waals surface area contributed by atoms with Crippen LogP contribution in [-0.4, -0.2) is 40.0 Å². The third kappa shape index (κ3) is 5.55. The topological polar surface area (TPSA) is 128 Å². The van der Waals surface area contributed by atoms with Crippen molar-refractivity contribution in [3.63, 3.8) is 0 Å². The second-order valence-electron chi connectivity index (χ2n) is 7.77. The summed E-state index contributed by atoms with van der Waals surface area (Å²) in [6, 6.07) is 15.7. The molecule has 0 radical (unpaired) electrons. The Balaban J connectivity index is 1.71. The summed E-state index contributed by atoms with van der Waals surface area (Å²) in [4.78, 5) is 39.0. The Labute approximate surface area is 227 Å². The number of hydrogen-bond donors (Lipinski definition) is 1. The highest BCUT2D eigenvalue weighted by Gasteiger charge is 2.37. The second kappa shape index (κ2) is 11.1. The van der Waals surface area contributed by atoms with E-state index in [4.69, 9.17) is 13.7 Å². The summed E-state index contributed by atoms with van der Waals surface area (Å²) in [5.74, 6) is -1.25. The van der Waals surface area contributed by atoms with E-state index in [-0.39, 0.29) is 38.7 Å². The van der Waals surface area contributed by atoms with Crippen LogP contribution < -0.4 is 23.9 Å². The number of benzene rings is 3. The largest absolute Gasteiger partial charge is 0.497 e. The number of anilines is 1. The summed E-state index contributed by atoms with van der Waals surface area (Å²) in [5, 5.41) is 2.15. The molecule has 3 aromatic rings. The van der Waals surface area contributed by atoms with Gasteiger partial charge in [-0.25, -0.2) is 9.69 Å². The summed E-state index contributed by atoms with van der Waals surface area (Å²) in [5.41, 5.74) is 0.227. The number of hydrogen-bond acceptors (Lipinski definition) is 8. The molecule has 0 saturated carbocycles. The van der Waals surface area contributed by atoms with Gasteiger partial charge in [-0.1, -0.05) is 18.2 Å². The number of nitrogens with one attached hydrogen (secondary N) is 1. The van der Waals surface area contributed by atoms with Crippen LogP contribution in [0.3, 0.4) is 0 Å². The molecule has 0 spiro atoms. The Bertz CT molecular complexity index is 1540. The van der Waals surface area contributed by atoms with Crippen molar-refractivity contribution in [2.45, 2.75) is 11.8 Å². The molecular formula is C26H21BrN2O8S. The van der Waals surface area contributed by atoms with Crippen molar-refractivity contribution in [3.8, 4) is 17.2 Å².